The van der Waals surface area contributed by atoms with Crippen LogP contribution in [0.25, 0.3) is 0 Å². The van der Waals surface area contributed by atoms with E-state index >= 15 is 0 Å². The van der Waals surface area contributed by atoms with Gasteiger partial charge in [-0.05, 0) is 25.0 Å². The van der Waals surface area contributed by atoms with Crippen LogP contribution in [0.3, 0.4) is 0 Å². The molecule has 0 spiro atoms. The minimum atomic E-state index is -0.574. The number of ketones is 1. The highest BCUT2D eigenvalue weighted by Gasteiger charge is 2.17. The van der Waals surface area contributed by atoms with E-state index in [-0.39, 0.29) is 12.4 Å². The molecule has 0 fully saturated rings. The molecule has 15 heavy (non-hydrogen) atoms. The second-order valence-corrected chi connectivity index (χ2v) is 3.67. The lowest BCUT2D eigenvalue weighted by atomic mass is 9.97. The van der Waals surface area contributed by atoms with Gasteiger partial charge in [-0.3, -0.25) is 4.79 Å². The molecule has 0 aromatic heterocycles. The highest BCUT2D eigenvalue weighted by atomic mass is 16.5. The van der Waals surface area contributed by atoms with Gasteiger partial charge in [0.1, 0.15) is 0 Å². The van der Waals surface area contributed by atoms with Gasteiger partial charge in [-0.15, -0.1) is 0 Å². The van der Waals surface area contributed by atoms with Crippen molar-refractivity contribution in [3.63, 3.8) is 0 Å². The predicted molar refractivity (Wildman–Crippen MR) is 60.1 cm³/mol. The van der Waals surface area contributed by atoms with Crippen molar-refractivity contribution in [2.24, 2.45) is 5.73 Å². The van der Waals surface area contributed by atoms with Crippen LogP contribution in [-0.2, 0) is 4.74 Å². The predicted octanol–water partition coefficient (Wildman–Crippen LogP) is 1.46. The summed E-state index contributed by atoms with van der Waals surface area (Å²) in [5, 5.41) is 0. The molecule has 3 nitrogen and oxygen atoms in total. The molecule has 1 aromatic carbocycles. The fourth-order valence-electron chi connectivity index (χ4n) is 1.47. The van der Waals surface area contributed by atoms with E-state index in [0.717, 1.165) is 11.1 Å². The monoisotopic (exact) mass is 207 g/mol. The van der Waals surface area contributed by atoms with Crippen LogP contribution in [-0.4, -0.2) is 25.5 Å². The molecule has 2 N–H and O–H groups in total. The standard InChI is InChI=1S/C12H17NO2/c1-8-5-4-6-10(9(8)2)12(14)11(13)7-15-3/h4-6,11H,7,13H2,1-3H3. The summed E-state index contributed by atoms with van der Waals surface area (Å²) in [6, 6.07) is 5.08. The molecule has 0 aliphatic heterocycles. The Morgan fingerprint density at radius 3 is 2.73 bits per heavy atom. The Morgan fingerprint density at radius 2 is 2.13 bits per heavy atom. The van der Waals surface area contributed by atoms with Gasteiger partial charge in [0.2, 0.25) is 0 Å². The highest BCUT2D eigenvalue weighted by molar-refractivity contribution is 6.01. The van der Waals surface area contributed by atoms with Crippen LogP contribution in [0, 0.1) is 13.8 Å². The van der Waals surface area contributed by atoms with Crippen molar-refractivity contribution in [2.45, 2.75) is 19.9 Å². The highest BCUT2D eigenvalue weighted by Crippen LogP contribution is 2.14. The first-order valence-corrected chi connectivity index (χ1v) is 4.93. The summed E-state index contributed by atoms with van der Waals surface area (Å²) < 4.78 is 4.87. The third kappa shape index (κ3) is 2.64. The molecule has 0 amide bonds. The van der Waals surface area contributed by atoms with Gasteiger partial charge < -0.3 is 10.5 Å². The number of rotatable bonds is 4. The quantitative estimate of drug-likeness (QED) is 0.760. The maximum Gasteiger partial charge on any atom is 0.182 e. The van der Waals surface area contributed by atoms with Crippen LogP contribution in [0.1, 0.15) is 21.5 Å². The minimum Gasteiger partial charge on any atom is -0.383 e. The van der Waals surface area contributed by atoms with Crippen LogP contribution in [0.15, 0.2) is 18.2 Å². The van der Waals surface area contributed by atoms with E-state index in [9.17, 15) is 4.79 Å². The van der Waals surface area contributed by atoms with E-state index in [1.165, 1.54) is 7.11 Å². The molecule has 0 radical (unpaired) electrons. The van der Waals surface area contributed by atoms with Gasteiger partial charge in [-0.1, -0.05) is 18.2 Å². The Kier molecular flexibility index (Phi) is 4.00. The fraction of sp³-hybridized carbons (Fsp3) is 0.417. The van der Waals surface area contributed by atoms with Gasteiger partial charge in [-0.2, -0.15) is 0 Å². The molecule has 0 saturated carbocycles. The van der Waals surface area contributed by atoms with Crippen molar-refractivity contribution in [3.05, 3.63) is 34.9 Å². The maximum absolute atomic E-state index is 11.9. The fourth-order valence-corrected chi connectivity index (χ4v) is 1.47. The first-order valence-electron chi connectivity index (χ1n) is 4.93. The molecule has 0 saturated heterocycles. The normalized spacial score (nSPS) is 12.5. The van der Waals surface area contributed by atoms with Crippen molar-refractivity contribution in [2.75, 3.05) is 13.7 Å². The second kappa shape index (κ2) is 5.05. The molecule has 0 aliphatic carbocycles. The van der Waals surface area contributed by atoms with Crippen molar-refractivity contribution >= 4 is 5.78 Å². The number of benzene rings is 1. The summed E-state index contributed by atoms with van der Waals surface area (Å²) >= 11 is 0. The van der Waals surface area contributed by atoms with Crippen molar-refractivity contribution in [1.82, 2.24) is 0 Å². The number of carbonyl (C=O) groups excluding carboxylic acids is 1. The van der Waals surface area contributed by atoms with Crippen molar-refractivity contribution in [3.8, 4) is 0 Å². The summed E-state index contributed by atoms with van der Waals surface area (Å²) in [6.07, 6.45) is 0. The molecule has 0 bridgehead atoms. The third-order valence-corrected chi connectivity index (χ3v) is 2.55. The van der Waals surface area contributed by atoms with Gasteiger partial charge in [0.05, 0.1) is 12.6 Å². The number of ether oxygens (including phenoxy) is 1. The number of Topliss-reactive ketones (excluding diaryl/α,β-unsaturated/α-hetero) is 1. The molecule has 1 aromatic rings. The van der Waals surface area contributed by atoms with E-state index in [2.05, 4.69) is 0 Å². The smallest absolute Gasteiger partial charge is 0.182 e. The summed E-state index contributed by atoms with van der Waals surface area (Å²) in [6.45, 7) is 4.17. The number of carbonyl (C=O) groups is 1. The average Bonchev–Trinajstić information content (AvgIpc) is 2.21. The summed E-state index contributed by atoms with van der Waals surface area (Å²) in [4.78, 5) is 11.9. The van der Waals surface area contributed by atoms with Gasteiger partial charge in [0, 0.05) is 12.7 Å². The molecule has 0 heterocycles. The van der Waals surface area contributed by atoms with Gasteiger partial charge in [0.25, 0.3) is 0 Å². The van der Waals surface area contributed by atoms with E-state index in [1.54, 1.807) is 6.07 Å². The number of hydrogen-bond donors (Lipinski definition) is 1. The van der Waals surface area contributed by atoms with Crippen LogP contribution in [0.5, 0.6) is 0 Å². The summed E-state index contributed by atoms with van der Waals surface area (Å²) in [5.41, 5.74) is 8.49. The first kappa shape index (κ1) is 11.9. The number of aryl methyl sites for hydroxylation is 1. The zero-order valence-electron chi connectivity index (χ0n) is 9.41. The number of methoxy groups -OCH3 is 1. The van der Waals surface area contributed by atoms with E-state index < -0.39 is 6.04 Å². The Balaban J connectivity index is 2.96. The third-order valence-electron chi connectivity index (χ3n) is 2.55. The first-order chi connectivity index (χ1) is 7.07. The van der Waals surface area contributed by atoms with Crippen LogP contribution in [0.4, 0.5) is 0 Å². The molecule has 1 atom stereocenters. The van der Waals surface area contributed by atoms with Crippen LogP contribution >= 0.6 is 0 Å². The van der Waals surface area contributed by atoms with Gasteiger partial charge >= 0.3 is 0 Å². The van der Waals surface area contributed by atoms with Gasteiger partial charge in [-0.25, -0.2) is 0 Å². The second-order valence-electron chi connectivity index (χ2n) is 3.67. The molecular formula is C12H17NO2. The van der Waals surface area contributed by atoms with Gasteiger partial charge in [0.15, 0.2) is 5.78 Å². The summed E-state index contributed by atoms with van der Waals surface area (Å²) in [7, 11) is 1.54. The Hall–Kier alpha value is -1.19. The largest absolute Gasteiger partial charge is 0.383 e. The molecule has 1 unspecified atom stereocenters. The SMILES string of the molecule is COCC(N)C(=O)c1cccc(C)c1C. The minimum absolute atomic E-state index is 0.0574. The van der Waals surface area contributed by atoms with Crippen molar-refractivity contribution in [1.29, 1.82) is 0 Å². The van der Waals surface area contributed by atoms with E-state index in [4.69, 9.17) is 10.5 Å². The zero-order valence-corrected chi connectivity index (χ0v) is 9.41. The maximum atomic E-state index is 11.9. The lowest BCUT2D eigenvalue weighted by Gasteiger charge is -2.12. The Morgan fingerprint density at radius 1 is 1.47 bits per heavy atom. The van der Waals surface area contributed by atoms with Crippen LogP contribution < -0.4 is 5.73 Å². The number of hydrogen-bond acceptors (Lipinski definition) is 3. The zero-order chi connectivity index (χ0) is 11.4. The molecule has 82 valence electrons. The lowest BCUT2D eigenvalue weighted by Crippen LogP contribution is -2.35. The molecule has 0 aliphatic rings. The topological polar surface area (TPSA) is 52.3 Å². The van der Waals surface area contributed by atoms with Crippen LogP contribution in [0.2, 0.25) is 0 Å². The molecule has 3 heteroatoms. The lowest BCUT2D eigenvalue weighted by molar-refractivity contribution is 0.0891. The molecular weight excluding hydrogens is 190 g/mol. The molecule has 1 rings (SSSR count). The number of nitrogens with two attached hydrogens (primary N) is 1. The van der Waals surface area contributed by atoms with E-state index in [1.807, 2.05) is 26.0 Å². The Labute approximate surface area is 90.2 Å². The van der Waals surface area contributed by atoms with Crippen molar-refractivity contribution < 1.29 is 9.53 Å². The van der Waals surface area contributed by atoms with E-state index in [0.29, 0.717) is 5.56 Å². The average molecular weight is 207 g/mol. The Bertz CT molecular complexity index is 361. The summed E-state index contributed by atoms with van der Waals surface area (Å²) in [5.74, 6) is -0.0574.